The van der Waals surface area contributed by atoms with Gasteiger partial charge >= 0.3 is 6.03 Å². The summed E-state index contributed by atoms with van der Waals surface area (Å²) in [4.78, 5) is 11.6. The molecular formula is C13H24N2O2. The van der Waals surface area contributed by atoms with Gasteiger partial charge in [0.25, 0.3) is 0 Å². The molecule has 0 spiro atoms. The lowest BCUT2D eigenvalue weighted by atomic mass is 9.83. The van der Waals surface area contributed by atoms with Gasteiger partial charge in [-0.25, -0.2) is 4.79 Å². The molecule has 4 nitrogen and oxygen atoms in total. The molecular weight excluding hydrogens is 216 g/mol. The van der Waals surface area contributed by atoms with Gasteiger partial charge < -0.3 is 15.7 Å². The highest BCUT2D eigenvalue weighted by Gasteiger charge is 2.35. The molecule has 2 aliphatic rings. The number of aliphatic hydroxyl groups excluding tert-OH is 1. The molecule has 0 radical (unpaired) electrons. The molecule has 3 N–H and O–H groups in total. The van der Waals surface area contributed by atoms with E-state index >= 15 is 0 Å². The van der Waals surface area contributed by atoms with Crippen LogP contribution in [0, 0.1) is 11.8 Å². The predicted octanol–water partition coefficient (Wildman–Crippen LogP) is 1.64. The van der Waals surface area contributed by atoms with E-state index in [4.69, 9.17) is 5.11 Å². The first kappa shape index (κ1) is 12.7. The van der Waals surface area contributed by atoms with E-state index in [0.29, 0.717) is 6.04 Å². The van der Waals surface area contributed by atoms with Crippen LogP contribution in [0.15, 0.2) is 0 Å². The fourth-order valence-electron chi connectivity index (χ4n) is 2.85. The molecule has 2 rings (SSSR count). The van der Waals surface area contributed by atoms with Crippen LogP contribution in [0.3, 0.4) is 0 Å². The minimum atomic E-state index is -0.169. The quantitative estimate of drug-likeness (QED) is 0.699. The number of hydrogen-bond acceptors (Lipinski definition) is 2. The summed E-state index contributed by atoms with van der Waals surface area (Å²) in [5.41, 5.74) is 0. The summed E-state index contributed by atoms with van der Waals surface area (Å²) in [6, 6.07) is 0.0334. The largest absolute Gasteiger partial charge is 0.394 e. The van der Waals surface area contributed by atoms with Gasteiger partial charge in [0.2, 0.25) is 0 Å². The lowest BCUT2D eigenvalue weighted by molar-refractivity contribution is 0.207. The van der Waals surface area contributed by atoms with Crippen LogP contribution in [-0.4, -0.2) is 29.8 Å². The second-order valence-corrected chi connectivity index (χ2v) is 5.66. The van der Waals surface area contributed by atoms with E-state index in [0.717, 1.165) is 24.7 Å². The lowest BCUT2D eigenvalue weighted by Gasteiger charge is -2.30. The zero-order valence-electron chi connectivity index (χ0n) is 10.6. The van der Waals surface area contributed by atoms with Crippen LogP contribution in [0.2, 0.25) is 0 Å². The van der Waals surface area contributed by atoms with Crippen molar-refractivity contribution in [3.63, 3.8) is 0 Å². The third kappa shape index (κ3) is 3.87. The first-order valence-corrected chi connectivity index (χ1v) is 6.87. The molecule has 2 fully saturated rings. The molecule has 17 heavy (non-hydrogen) atoms. The van der Waals surface area contributed by atoms with Gasteiger partial charge in [-0.05, 0) is 44.4 Å². The Balaban J connectivity index is 1.72. The SMILES string of the molecule is CC(CO)NC(=O)NC1CCCC(C2CC2)C1. The van der Waals surface area contributed by atoms with Gasteiger partial charge in [-0.2, -0.15) is 0 Å². The van der Waals surface area contributed by atoms with Crippen LogP contribution in [0.25, 0.3) is 0 Å². The maximum Gasteiger partial charge on any atom is 0.315 e. The number of carbonyl (C=O) groups is 1. The van der Waals surface area contributed by atoms with Gasteiger partial charge in [0.15, 0.2) is 0 Å². The monoisotopic (exact) mass is 240 g/mol. The molecule has 0 aromatic rings. The minimum Gasteiger partial charge on any atom is -0.394 e. The molecule has 3 atom stereocenters. The van der Waals surface area contributed by atoms with Gasteiger partial charge in [0.1, 0.15) is 0 Å². The molecule has 2 saturated carbocycles. The molecule has 0 bridgehead atoms. The average Bonchev–Trinajstić information content (AvgIpc) is 3.12. The molecule has 2 aliphatic carbocycles. The Hall–Kier alpha value is -0.770. The van der Waals surface area contributed by atoms with Gasteiger partial charge in [-0.15, -0.1) is 0 Å². The summed E-state index contributed by atoms with van der Waals surface area (Å²) < 4.78 is 0. The Bertz CT molecular complexity index is 266. The second kappa shape index (κ2) is 5.71. The zero-order valence-corrected chi connectivity index (χ0v) is 10.6. The first-order chi connectivity index (χ1) is 8.19. The standard InChI is InChI=1S/C13H24N2O2/c1-9(8-16)14-13(17)15-12-4-2-3-11(7-12)10-5-6-10/h9-12,16H,2-8H2,1H3,(H2,14,15,17). The van der Waals surface area contributed by atoms with Crippen molar-refractivity contribution in [3.05, 3.63) is 0 Å². The van der Waals surface area contributed by atoms with Crippen LogP contribution in [-0.2, 0) is 0 Å². The highest BCUT2D eigenvalue weighted by molar-refractivity contribution is 5.74. The number of amides is 2. The van der Waals surface area contributed by atoms with Crippen molar-refractivity contribution >= 4 is 6.03 Å². The maximum absolute atomic E-state index is 11.6. The van der Waals surface area contributed by atoms with Crippen LogP contribution in [0.5, 0.6) is 0 Å². The predicted molar refractivity (Wildman–Crippen MR) is 66.7 cm³/mol. The van der Waals surface area contributed by atoms with E-state index in [2.05, 4.69) is 10.6 Å². The lowest BCUT2D eigenvalue weighted by Crippen LogP contribution is -2.47. The fourth-order valence-corrected chi connectivity index (χ4v) is 2.85. The van der Waals surface area contributed by atoms with Gasteiger partial charge in [0, 0.05) is 6.04 Å². The molecule has 0 aromatic carbocycles. The Morgan fingerprint density at radius 1 is 1.29 bits per heavy atom. The van der Waals surface area contributed by atoms with E-state index in [1.807, 2.05) is 0 Å². The number of carbonyl (C=O) groups excluding carboxylic acids is 1. The van der Waals surface area contributed by atoms with Crippen molar-refractivity contribution < 1.29 is 9.90 Å². The average molecular weight is 240 g/mol. The highest BCUT2D eigenvalue weighted by atomic mass is 16.3. The van der Waals surface area contributed by atoms with Crippen molar-refractivity contribution in [1.29, 1.82) is 0 Å². The molecule has 98 valence electrons. The molecule has 3 unspecified atom stereocenters. The fraction of sp³-hybridized carbons (Fsp3) is 0.923. The summed E-state index contributed by atoms with van der Waals surface area (Å²) in [6.45, 7) is 1.79. The summed E-state index contributed by atoms with van der Waals surface area (Å²) in [5, 5.41) is 14.6. The summed E-state index contributed by atoms with van der Waals surface area (Å²) in [6.07, 6.45) is 7.62. The number of hydrogen-bond donors (Lipinski definition) is 3. The van der Waals surface area contributed by atoms with Crippen LogP contribution >= 0.6 is 0 Å². The van der Waals surface area contributed by atoms with E-state index < -0.39 is 0 Å². The Morgan fingerprint density at radius 3 is 2.71 bits per heavy atom. The Labute approximate surface area is 103 Å². The maximum atomic E-state index is 11.6. The second-order valence-electron chi connectivity index (χ2n) is 5.66. The van der Waals surface area contributed by atoms with Crippen molar-refractivity contribution in [2.75, 3.05) is 6.61 Å². The molecule has 0 saturated heterocycles. The summed E-state index contributed by atoms with van der Waals surface area (Å²) in [7, 11) is 0. The van der Waals surface area contributed by atoms with E-state index in [1.54, 1.807) is 6.92 Å². The van der Waals surface area contributed by atoms with Crippen molar-refractivity contribution in [1.82, 2.24) is 10.6 Å². The normalized spacial score (nSPS) is 30.7. The minimum absolute atomic E-state index is 0.0111. The van der Waals surface area contributed by atoms with E-state index in [1.165, 1.54) is 25.7 Å². The van der Waals surface area contributed by atoms with Crippen LogP contribution in [0.1, 0.15) is 45.4 Å². The number of rotatable bonds is 4. The number of urea groups is 1. The van der Waals surface area contributed by atoms with Crippen LogP contribution in [0.4, 0.5) is 4.79 Å². The smallest absolute Gasteiger partial charge is 0.315 e. The molecule has 0 heterocycles. The third-order valence-corrected chi connectivity index (χ3v) is 3.99. The van der Waals surface area contributed by atoms with Crippen molar-refractivity contribution in [2.24, 2.45) is 11.8 Å². The van der Waals surface area contributed by atoms with E-state index in [9.17, 15) is 4.79 Å². The van der Waals surface area contributed by atoms with Crippen LogP contribution < -0.4 is 10.6 Å². The van der Waals surface area contributed by atoms with Crippen molar-refractivity contribution in [3.8, 4) is 0 Å². The van der Waals surface area contributed by atoms with Crippen molar-refractivity contribution in [2.45, 2.75) is 57.5 Å². The molecule has 2 amide bonds. The number of nitrogens with one attached hydrogen (secondary N) is 2. The van der Waals surface area contributed by atoms with E-state index in [-0.39, 0.29) is 18.7 Å². The Kier molecular flexibility index (Phi) is 4.26. The van der Waals surface area contributed by atoms with Gasteiger partial charge in [0.05, 0.1) is 12.6 Å². The summed E-state index contributed by atoms with van der Waals surface area (Å²) in [5.74, 6) is 1.78. The molecule has 0 aromatic heterocycles. The molecule has 4 heteroatoms. The van der Waals surface area contributed by atoms with Gasteiger partial charge in [-0.3, -0.25) is 0 Å². The topological polar surface area (TPSA) is 61.4 Å². The third-order valence-electron chi connectivity index (χ3n) is 3.99. The highest BCUT2D eigenvalue weighted by Crippen LogP contribution is 2.43. The summed E-state index contributed by atoms with van der Waals surface area (Å²) >= 11 is 0. The molecule has 0 aliphatic heterocycles. The van der Waals surface area contributed by atoms with Gasteiger partial charge in [-0.1, -0.05) is 12.8 Å². The number of aliphatic hydroxyl groups is 1. The Morgan fingerprint density at radius 2 is 2.06 bits per heavy atom. The zero-order chi connectivity index (χ0) is 12.3. The first-order valence-electron chi connectivity index (χ1n) is 6.87.